The van der Waals surface area contributed by atoms with Crippen molar-refractivity contribution in [3.8, 4) is 0 Å². The highest BCUT2D eigenvalue weighted by Crippen LogP contribution is 2.18. The lowest BCUT2D eigenvalue weighted by atomic mass is 10.1. The van der Waals surface area contributed by atoms with Gasteiger partial charge in [0.25, 0.3) is 5.91 Å². The van der Waals surface area contributed by atoms with Gasteiger partial charge in [-0.15, -0.1) is 0 Å². The molecule has 0 saturated carbocycles. The maximum Gasteiger partial charge on any atom is 0.257 e. The third-order valence-electron chi connectivity index (χ3n) is 3.53. The lowest BCUT2D eigenvalue weighted by Crippen LogP contribution is -2.35. The van der Waals surface area contributed by atoms with Gasteiger partial charge >= 0.3 is 0 Å². The summed E-state index contributed by atoms with van der Waals surface area (Å²) in [6, 6.07) is 1.69. The molecular formula is C14H17N3O3. The summed E-state index contributed by atoms with van der Waals surface area (Å²) in [6.45, 7) is 2.60. The summed E-state index contributed by atoms with van der Waals surface area (Å²) in [6.07, 6.45) is 6.71. The molecule has 106 valence electrons. The third kappa shape index (κ3) is 2.46. The van der Waals surface area contributed by atoms with Crippen LogP contribution in [0.25, 0.3) is 0 Å². The first kappa shape index (κ1) is 12.9. The van der Waals surface area contributed by atoms with Crippen molar-refractivity contribution in [1.82, 2.24) is 14.5 Å². The summed E-state index contributed by atoms with van der Waals surface area (Å²) in [5.74, 6) is 1.13. The minimum Gasteiger partial charge on any atom is -0.472 e. The molecule has 0 aromatic carbocycles. The Balaban J connectivity index is 1.85. The van der Waals surface area contributed by atoms with Crippen molar-refractivity contribution in [2.24, 2.45) is 5.92 Å². The summed E-state index contributed by atoms with van der Waals surface area (Å²) < 4.78 is 12.3. The quantitative estimate of drug-likeness (QED) is 0.849. The fraction of sp³-hybridized carbons (Fsp3) is 0.429. The molecule has 6 heteroatoms. The second kappa shape index (κ2) is 5.50. The van der Waals surface area contributed by atoms with Crippen molar-refractivity contribution in [1.29, 1.82) is 0 Å². The number of ether oxygens (including phenoxy) is 1. The molecule has 0 fully saturated rings. The average molecular weight is 275 g/mol. The number of methoxy groups -OCH3 is 1. The van der Waals surface area contributed by atoms with Crippen molar-refractivity contribution in [2.45, 2.75) is 13.1 Å². The number of nitrogens with zero attached hydrogens (tertiary/aromatic N) is 3. The van der Waals surface area contributed by atoms with Crippen LogP contribution in [0.1, 0.15) is 16.2 Å². The second-order valence-corrected chi connectivity index (χ2v) is 5.01. The zero-order chi connectivity index (χ0) is 13.9. The molecule has 3 heterocycles. The van der Waals surface area contributed by atoms with Crippen LogP contribution in [0.5, 0.6) is 0 Å². The van der Waals surface area contributed by atoms with Gasteiger partial charge in [-0.2, -0.15) is 0 Å². The monoisotopic (exact) mass is 275 g/mol. The van der Waals surface area contributed by atoms with Crippen LogP contribution in [-0.2, 0) is 17.8 Å². The van der Waals surface area contributed by atoms with Gasteiger partial charge < -0.3 is 18.6 Å². The highest BCUT2D eigenvalue weighted by Gasteiger charge is 2.26. The Morgan fingerprint density at radius 2 is 2.45 bits per heavy atom. The number of hydrogen-bond acceptors (Lipinski definition) is 4. The highest BCUT2D eigenvalue weighted by atomic mass is 16.5. The van der Waals surface area contributed by atoms with Gasteiger partial charge in [-0.05, 0) is 6.07 Å². The molecule has 0 saturated heterocycles. The molecule has 2 aromatic heterocycles. The topological polar surface area (TPSA) is 60.5 Å². The minimum absolute atomic E-state index is 0.0312. The second-order valence-electron chi connectivity index (χ2n) is 5.01. The first-order valence-corrected chi connectivity index (χ1v) is 6.58. The van der Waals surface area contributed by atoms with Crippen molar-refractivity contribution in [3.63, 3.8) is 0 Å². The maximum atomic E-state index is 12.5. The van der Waals surface area contributed by atoms with E-state index in [1.807, 2.05) is 6.20 Å². The van der Waals surface area contributed by atoms with Crippen LogP contribution < -0.4 is 0 Å². The normalized spacial score (nSPS) is 18.6. The van der Waals surface area contributed by atoms with Crippen molar-refractivity contribution in [2.75, 3.05) is 20.3 Å². The largest absolute Gasteiger partial charge is 0.472 e. The molecule has 0 N–H and O–H groups in total. The maximum absolute atomic E-state index is 12.5. The van der Waals surface area contributed by atoms with E-state index in [-0.39, 0.29) is 11.8 Å². The summed E-state index contributed by atoms with van der Waals surface area (Å²) in [7, 11) is 1.68. The fourth-order valence-corrected chi connectivity index (χ4v) is 2.61. The highest BCUT2D eigenvalue weighted by molar-refractivity contribution is 5.93. The lowest BCUT2D eigenvalue weighted by Gasteiger charge is -2.23. The van der Waals surface area contributed by atoms with E-state index in [9.17, 15) is 4.79 Å². The molecule has 0 aliphatic carbocycles. The van der Waals surface area contributed by atoms with Crippen LogP contribution in [0.3, 0.4) is 0 Å². The van der Waals surface area contributed by atoms with Gasteiger partial charge in [0.1, 0.15) is 12.1 Å². The summed E-state index contributed by atoms with van der Waals surface area (Å²) in [4.78, 5) is 18.6. The number of amides is 1. The van der Waals surface area contributed by atoms with Crippen molar-refractivity contribution < 1.29 is 13.9 Å². The van der Waals surface area contributed by atoms with Crippen LogP contribution in [-0.4, -0.2) is 40.6 Å². The Labute approximate surface area is 117 Å². The number of furan rings is 1. The number of hydrogen-bond donors (Lipinski definition) is 0. The van der Waals surface area contributed by atoms with E-state index in [0.29, 0.717) is 25.3 Å². The molecule has 0 spiro atoms. The summed E-state index contributed by atoms with van der Waals surface area (Å²) in [5.41, 5.74) is 0.571. The number of carbonyl (C=O) groups is 1. The van der Waals surface area contributed by atoms with Crippen LogP contribution >= 0.6 is 0 Å². The first-order valence-electron chi connectivity index (χ1n) is 6.58. The SMILES string of the molecule is COC[C@H]1CN(C(=O)c2ccoc2)Cc2nccn2C1. The van der Waals surface area contributed by atoms with E-state index in [0.717, 1.165) is 12.4 Å². The number of carbonyl (C=O) groups excluding carboxylic acids is 1. The molecule has 20 heavy (non-hydrogen) atoms. The van der Waals surface area contributed by atoms with Gasteiger partial charge in [0, 0.05) is 38.5 Å². The fourth-order valence-electron chi connectivity index (χ4n) is 2.61. The molecular weight excluding hydrogens is 258 g/mol. The Bertz CT molecular complexity index is 576. The zero-order valence-corrected chi connectivity index (χ0v) is 11.4. The van der Waals surface area contributed by atoms with E-state index in [1.165, 1.54) is 12.5 Å². The zero-order valence-electron chi connectivity index (χ0n) is 11.4. The molecule has 1 aliphatic rings. The minimum atomic E-state index is -0.0312. The molecule has 0 radical (unpaired) electrons. The first-order chi connectivity index (χ1) is 9.78. The average Bonchev–Trinajstić information content (AvgIpc) is 3.07. The Morgan fingerprint density at radius 3 is 3.20 bits per heavy atom. The standard InChI is InChI=1S/C14H17N3O3/c1-19-9-11-6-16-4-3-15-13(16)8-17(7-11)14(18)12-2-5-20-10-12/h2-5,10-11H,6-9H2,1H3/t11-/m1/s1. The number of imidazole rings is 1. The van der Waals surface area contributed by atoms with Gasteiger partial charge in [-0.25, -0.2) is 4.98 Å². The Kier molecular flexibility index (Phi) is 3.56. The molecule has 1 atom stereocenters. The Morgan fingerprint density at radius 1 is 1.55 bits per heavy atom. The van der Waals surface area contributed by atoms with Gasteiger partial charge in [0.05, 0.1) is 25.0 Å². The van der Waals surface area contributed by atoms with Crippen molar-refractivity contribution >= 4 is 5.91 Å². The molecule has 1 aliphatic heterocycles. The molecule has 6 nitrogen and oxygen atoms in total. The third-order valence-corrected chi connectivity index (χ3v) is 3.53. The lowest BCUT2D eigenvalue weighted by molar-refractivity contribution is 0.0665. The van der Waals surface area contributed by atoms with E-state index < -0.39 is 0 Å². The van der Waals surface area contributed by atoms with Crippen LogP contribution in [0.15, 0.2) is 35.4 Å². The van der Waals surface area contributed by atoms with Gasteiger partial charge in [-0.1, -0.05) is 0 Å². The van der Waals surface area contributed by atoms with Gasteiger partial charge in [-0.3, -0.25) is 4.79 Å². The van der Waals surface area contributed by atoms with E-state index >= 15 is 0 Å². The summed E-state index contributed by atoms with van der Waals surface area (Å²) in [5, 5.41) is 0. The van der Waals surface area contributed by atoms with E-state index in [4.69, 9.17) is 9.15 Å². The molecule has 0 bridgehead atoms. The predicted octanol–water partition coefficient (Wildman–Crippen LogP) is 1.39. The van der Waals surface area contributed by atoms with Crippen LogP contribution in [0.4, 0.5) is 0 Å². The number of fused-ring (bicyclic) bond motifs is 1. The predicted molar refractivity (Wildman–Crippen MR) is 71.0 cm³/mol. The molecule has 1 amide bonds. The van der Waals surface area contributed by atoms with E-state index in [2.05, 4.69) is 9.55 Å². The summed E-state index contributed by atoms with van der Waals surface area (Å²) >= 11 is 0. The number of aromatic nitrogens is 2. The smallest absolute Gasteiger partial charge is 0.257 e. The Hall–Kier alpha value is -2.08. The van der Waals surface area contributed by atoms with E-state index in [1.54, 1.807) is 24.3 Å². The number of rotatable bonds is 3. The molecule has 2 aromatic rings. The molecule has 0 unspecified atom stereocenters. The van der Waals surface area contributed by atoms with Crippen LogP contribution in [0.2, 0.25) is 0 Å². The molecule has 3 rings (SSSR count). The van der Waals surface area contributed by atoms with Crippen molar-refractivity contribution in [3.05, 3.63) is 42.4 Å². The van der Waals surface area contributed by atoms with Gasteiger partial charge in [0.15, 0.2) is 0 Å². The van der Waals surface area contributed by atoms with Gasteiger partial charge in [0.2, 0.25) is 0 Å². The van der Waals surface area contributed by atoms with Crippen LogP contribution in [0, 0.1) is 5.92 Å².